The van der Waals surface area contributed by atoms with Crippen molar-refractivity contribution in [2.24, 2.45) is 11.1 Å². The minimum Gasteiger partial charge on any atom is -0.339 e. The van der Waals surface area contributed by atoms with Crippen LogP contribution in [0.15, 0.2) is 29.2 Å². The van der Waals surface area contributed by atoms with Crippen molar-refractivity contribution in [1.29, 1.82) is 0 Å². The summed E-state index contributed by atoms with van der Waals surface area (Å²) in [5.41, 5.74) is 0.475. The third-order valence-electron chi connectivity index (χ3n) is 2.85. The molecule has 1 aromatic carbocycles. The molecule has 0 saturated heterocycles. The molecule has 0 aliphatic rings. The Hall–Kier alpha value is -0.840. The minimum absolute atomic E-state index is 0.0414. The highest BCUT2D eigenvalue weighted by molar-refractivity contribution is 7.89. The third kappa shape index (κ3) is 7.51. The van der Waals surface area contributed by atoms with Crippen LogP contribution in [0, 0.1) is 5.92 Å². The number of hydrogen-bond donors (Lipinski definition) is 4. The summed E-state index contributed by atoms with van der Waals surface area (Å²) in [6.45, 7) is 3.38. The quantitative estimate of drug-likeness (QED) is 0.312. The Bertz CT molecular complexity index is 734. The predicted molar refractivity (Wildman–Crippen MR) is 104 cm³/mol. The molecule has 0 heterocycles. The fraction of sp³-hybridized carbons (Fsp3) is 0.385. The number of nitrogens with two attached hydrogens (primary N) is 1. The molecular formula is C13H17Cl3N4O3S2. The van der Waals surface area contributed by atoms with Crippen LogP contribution in [-0.2, 0) is 14.8 Å². The molecule has 0 saturated carbocycles. The highest BCUT2D eigenvalue weighted by atomic mass is 35.6. The number of primary sulfonamides is 1. The number of benzene rings is 1. The second-order valence-corrected chi connectivity index (χ2v) is 9.64. The number of sulfonamides is 1. The molecule has 0 aliphatic carbocycles. The Labute approximate surface area is 166 Å². The maximum atomic E-state index is 11.8. The van der Waals surface area contributed by atoms with Gasteiger partial charge >= 0.3 is 0 Å². The van der Waals surface area contributed by atoms with Gasteiger partial charge in [0.15, 0.2) is 5.11 Å². The summed E-state index contributed by atoms with van der Waals surface area (Å²) in [4.78, 5) is 11.8. The van der Waals surface area contributed by atoms with Gasteiger partial charge in [0.2, 0.25) is 19.7 Å². The van der Waals surface area contributed by atoms with E-state index in [0.717, 1.165) is 0 Å². The smallest absolute Gasteiger partial charge is 0.238 e. The van der Waals surface area contributed by atoms with Crippen LogP contribution in [0.5, 0.6) is 0 Å². The number of amides is 1. The van der Waals surface area contributed by atoms with Gasteiger partial charge in [-0.05, 0) is 36.5 Å². The molecule has 0 aromatic heterocycles. The van der Waals surface area contributed by atoms with Crippen LogP contribution in [0.3, 0.4) is 0 Å². The van der Waals surface area contributed by atoms with E-state index in [9.17, 15) is 13.2 Å². The monoisotopic (exact) mass is 446 g/mol. The summed E-state index contributed by atoms with van der Waals surface area (Å²) in [7, 11) is -3.78. The molecule has 0 radical (unpaired) electrons. The van der Waals surface area contributed by atoms with E-state index in [1.54, 1.807) is 13.8 Å². The maximum absolute atomic E-state index is 11.8. The molecule has 0 bridgehead atoms. The van der Waals surface area contributed by atoms with E-state index in [2.05, 4.69) is 16.0 Å². The van der Waals surface area contributed by atoms with Crippen molar-refractivity contribution in [3.8, 4) is 0 Å². The van der Waals surface area contributed by atoms with E-state index in [1.165, 1.54) is 24.3 Å². The SMILES string of the molecule is CC(C)C(=O)N[C@H](NC(=S)Nc1ccc(S(N)(=O)=O)cc1)C(Cl)(Cl)Cl. The number of anilines is 1. The number of rotatable bonds is 5. The molecule has 25 heavy (non-hydrogen) atoms. The molecule has 1 rings (SSSR count). The van der Waals surface area contributed by atoms with Crippen LogP contribution in [-0.4, -0.2) is 29.4 Å². The number of carbonyl (C=O) groups excluding carboxylic acids is 1. The van der Waals surface area contributed by atoms with Gasteiger partial charge in [-0.15, -0.1) is 0 Å². The zero-order chi connectivity index (χ0) is 19.4. The van der Waals surface area contributed by atoms with Gasteiger partial charge < -0.3 is 16.0 Å². The third-order valence-corrected chi connectivity index (χ3v) is 4.66. The zero-order valence-corrected chi connectivity index (χ0v) is 17.1. The van der Waals surface area contributed by atoms with Crippen LogP contribution in [0.1, 0.15) is 13.8 Å². The van der Waals surface area contributed by atoms with Gasteiger partial charge in [0, 0.05) is 11.6 Å². The van der Waals surface area contributed by atoms with Crippen LogP contribution >= 0.6 is 47.0 Å². The van der Waals surface area contributed by atoms with Gasteiger partial charge in [0.25, 0.3) is 0 Å². The van der Waals surface area contributed by atoms with Crippen LogP contribution in [0.4, 0.5) is 5.69 Å². The minimum atomic E-state index is -3.78. The molecule has 12 heteroatoms. The fourth-order valence-corrected chi connectivity index (χ4v) is 2.61. The van der Waals surface area contributed by atoms with Crippen molar-refractivity contribution in [2.75, 3.05) is 5.32 Å². The normalized spacial score (nSPS) is 13.2. The fourth-order valence-electron chi connectivity index (χ4n) is 1.53. The van der Waals surface area contributed by atoms with Crippen molar-refractivity contribution < 1.29 is 13.2 Å². The highest BCUT2D eigenvalue weighted by Crippen LogP contribution is 2.29. The molecular weight excluding hydrogens is 431 g/mol. The van der Waals surface area contributed by atoms with E-state index in [0.29, 0.717) is 5.69 Å². The lowest BCUT2D eigenvalue weighted by Crippen LogP contribution is -2.56. The molecule has 0 unspecified atom stereocenters. The van der Waals surface area contributed by atoms with Crippen molar-refractivity contribution in [2.45, 2.75) is 28.7 Å². The van der Waals surface area contributed by atoms with E-state index < -0.39 is 20.0 Å². The van der Waals surface area contributed by atoms with Crippen molar-refractivity contribution in [3.05, 3.63) is 24.3 Å². The molecule has 5 N–H and O–H groups in total. The van der Waals surface area contributed by atoms with Crippen molar-refractivity contribution in [3.63, 3.8) is 0 Å². The highest BCUT2D eigenvalue weighted by Gasteiger charge is 2.35. The van der Waals surface area contributed by atoms with Gasteiger partial charge in [-0.3, -0.25) is 4.79 Å². The number of halogens is 3. The molecule has 1 aromatic rings. The first-order valence-electron chi connectivity index (χ1n) is 6.88. The van der Waals surface area contributed by atoms with Gasteiger partial charge in [0.05, 0.1) is 4.90 Å². The summed E-state index contributed by atoms with van der Waals surface area (Å²) < 4.78 is 20.6. The second kappa shape index (κ2) is 8.70. The van der Waals surface area contributed by atoms with Gasteiger partial charge in [-0.2, -0.15) is 0 Å². The van der Waals surface area contributed by atoms with Gasteiger partial charge in [0.1, 0.15) is 6.17 Å². The average molecular weight is 448 g/mol. The maximum Gasteiger partial charge on any atom is 0.238 e. The summed E-state index contributed by atoms with van der Waals surface area (Å²) >= 11 is 22.7. The first-order chi connectivity index (χ1) is 11.3. The summed E-state index contributed by atoms with van der Waals surface area (Å²) in [5, 5.41) is 13.1. The lowest BCUT2D eigenvalue weighted by Gasteiger charge is -2.28. The molecule has 140 valence electrons. The molecule has 1 amide bonds. The van der Waals surface area contributed by atoms with E-state index in [-0.39, 0.29) is 21.8 Å². The van der Waals surface area contributed by atoms with Crippen LogP contribution in [0.2, 0.25) is 0 Å². The lowest BCUT2D eigenvalue weighted by molar-refractivity contribution is -0.124. The first-order valence-corrected chi connectivity index (χ1v) is 9.97. The molecule has 7 nitrogen and oxygen atoms in total. The Kier molecular flexibility index (Phi) is 7.72. The number of nitrogens with one attached hydrogen (secondary N) is 3. The zero-order valence-electron chi connectivity index (χ0n) is 13.2. The van der Waals surface area contributed by atoms with Crippen molar-refractivity contribution in [1.82, 2.24) is 10.6 Å². The molecule has 0 aliphatic heterocycles. The Balaban J connectivity index is 2.79. The summed E-state index contributed by atoms with van der Waals surface area (Å²) in [6.07, 6.45) is -1.07. The largest absolute Gasteiger partial charge is 0.339 e. The number of alkyl halides is 3. The van der Waals surface area contributed by atoms with E-state index in [4.69, 9.17) is 52.2 Å². The molecule has 1 atom stereocenters. The predicted octanol–water partition coefficient (Wildman–Crippen LogP) is 2.09. The summed E-state index contributed by atoms with van der Waals surface area (Å²) in [5.74, 6) is -0.645. The number of thiocarbonyl (C=S) groups is 1. The average Bonchev–Trinajstić information content (AvgIpc) is 2.44. The van der Waals surface area contributed by atoms with E-state index in [1.807, 2.05) is 0 Å². The van der Waals surface area contributed by atoms with Gasteiger partial charge in [-0.25, -0.2) is 13.6 Å². The lowest BCUT2D eigenvalue weighted by atomic mass is 10.2. The standard InChI is InChI=1S/C13H17Cl3N4O3S2/c1-7(2)10(21)19-11(13(14,15)16)20-12(24)18-8-3-5-9(6-4-8)25(17,22)23/h3-7,11H,1-2H3,(H,19,21)(H2,17,22,23)(H2,18,20,24)/t11-/m1/s1. The first kappa shape index (κ1) is 22.2. The Morgan fingerprint density at radius 2 is 1.68 bits per heavy atom. The molecule has 0 spiro atoms. The van der Waals surface area contributed by atoms with Gasteiger partial charge in [-0.1, -0.05) is 48.7 Å². The second-order valence-electron chi connectivity index (χ2n) is 5.31. The Morgan fingerprint density at radius 3 is 2.08 bits per heavy atom. The topological polar surface area (TPSA) is 113 Å². The Morgan fingerprint density at radius 1 is 1.16 bits per heavy atom. The number of hydrogen-bond acceptors (Lipinski definition) is 4. The van der Waals surface area contributed by atoms with E-state index >= 15 is 0 Å². The molecule has 0 fully saturated rings. The van der Waals surface area contributed by atoms with Crippen molar-refractivity contribution >= 4 is 73.8 Å². The van der Waals surface area contributed by atoms with Crippen LogP contribution in [0.25, 0.3) is 0 Å². The summed E-state index contributed by atoms with van der Waals surface area (Å²) in [6, 6.07) is 5.55. The van der Waals surface area contributed by atoms with Crippen LogP contribution < -0.4 is 21.1 Å². The number of carbonyl (C=O) groups is 1.